The van der Waals surface area contributed by atoms with E-state index in [0.29, 0.717) is 16.4 Å². The summed E-state index contributed by atoms with van der Waals surface area (Å²) in [7, 11) is 0. The predicted octanol–water partition coefficient (Wildman–Crippen LogP) is 4.33. The topological polar surface area (TPSA) is 39.2 Å². The second-order valence-electron chi connectivity index (χ2n) is 4.06. The van der Waals surface area contributed by atoms with Crippen LogP contribution in [0.5, 0.6) is 10.9 Å². The summed E-state index contributed by atoms with van der Waals surface area (Å²) in [6, 6.07) is 4.03. The molecule has 2 rings (SSSR count). The highest BCUT2D eigenvalue weighted by atomic mass is 35.5. The number of thiazole rings is 1. The van der Waals surface area contributed by atoms with Crippen LogP contribution in [0.25, 0.3) is 0 Å². The molecule has 18 heavy (non-hydrogen) atoms. The van der Waals surface area contributed by atoms with Crippen LogP contribution < -0.4 is 4.74 Å². The average Bonchev–Trinajstić information content (AvgIpc) is 2.65. The normalized spacial score (nSPS) is 10.4. The Balaban J connectivity index is 2.36. The first-order chi connectivity index (χ1) is 8.51. The standard InChI is InChI=1S/C13H12ClNO2S/c1-7-4-8(2)9(3)10(5-7)17-13-15-12(14)11(6-16)18-13/h4-6H,1-3H3. The molecule has 0 spiro atoms. The Bertz CT molecular complexity index is 607. The van der Waals surface area contributed by atoms with Crippen LogP contribution in [0.2, 0.25) is 5.15 Å². The molecule has 3 nitrogen and oxygen atoms in total. The van der Waals surface area contributed by atoms with Gasteiger partial charge in [-0.15, -0.1) is 0 Å². The van der Waals surface area contributed by atoms with Gasteiger partial charge in [0.05, 0.1) is 0 Å². The summed E-state index contributed by atoms with van der Waals surface area (Å²) in [6.07, 6.45) is 0.682. The molecule has 1 aromatic carbocycles. The number of hydrogen-bond acceptors (Lipinski definition) is 4. The third-order valence-electron chi connectivity index (χ3n) is 2.66. The van der Waals surface area contributed by atoms with E-state index < -0.39 is 0 Å². The summed E-state index contributed by atoms with van der Waals surface area (Å²) in [4.78, 5) is 15.1. The van der Waals surface area contributed by atoms with Crippen molar-refractivity contribution in [3.8, 4) is 10.9 Å². The number of nitrogens with zero attached hydrogens (tertiary/aromatic N) is 1. The zero-order chi connectivity index (χ0) is 13.3. The van der Waals surface area contributed by atoms with E-state index in [1.165, 1.54) is 0 Å². The fourth-order valence-corrected chi connectivity index (χ4v) is 2.53. The number of ether oxygens (including phenoxy) is 1. The molecule has 0 amide bonds. The van der Waals surface area contributed by atoms with Crippen molar-refractivity contribution in [2.75, 3.05) is 0 Å². The summed E-state index contributed by atoms with van der Waals surface area (Å²) >= 11 is 6.94. The maximum Gasteiger partial charge on any atom is 0.280 e. The summed E-state index contributed by atoms with van der Waals surface area (Å²) < 4.78 is 5.70. The van der Waals surface area contributed by atoms with E-state index in [0.717, 1.165) is 33.8 Å². The van der Waals surface area contributed by atoms with Crippen LogP contribution in [0.3, 0.4) is 0 Å². The van der Waals surface area contributed by atoms with Crippen LogP contribution >= 0.6 is 22.9 Å². The molecule has 0 saturated carbocycles. The molecule has 1 aromatic heterocycles. The molecule has 94 valence electrons. The van der Waals surface area contributed by atoms with Crippen molar-refractivity contribution >= 4 is 29.2 Å². The second-order valence-corrected chi connectivity index (χ2v) is 5.41. The number of hydrogen-bond donors (Lipinski definition) is 0. The minimum atomic E-state index is 0.187. The van der Waals surface area contributed by atoms with E-state index >= 15 is 0 Å². The minimum absolute atomic E-state index is 0.187. The van der Waals surface area contributed by atoms with Gasteiger partial charge in [-0.05, 0) is 43.5 Å². The third-order valence-corrected chi connectivity index (χ3v) is 3.92. The van der Waals surface area contributed by atoms with Crippen LogP contribution in [0.15, 0.2) is 12.1 Å². The van der Waals surface area contributed by atoms with Crippen molar-refractivity contribution in [1.29, 1.82) is 0 Å². The van der Waals surface area contributed by atoms with Crippen molar-refractivity contribution in [2.45, 2.75) is 20.8 Å². The van der Waals surface area contributed by atoms with Gasteiger partial charge in [0.15, 0.2) is 11.4 Å². The molecule has 0 radical (unpaired) electrons. The van der Waals surface area contributed by atoms with E-state index in [1.807, 2.05) is 26.8 Å². The number of aromatic nitrogens is 1. The molecule has 0 aliphatic rings. The molecule has 0 aliphatic heterocycles. The smallest absolute Gasteiger partial charge is 0.280 e. The maximum atomic E-state index is 10.7. The Labute approximate surface area is 114 Å². The first kappa shape index (κ1) is 13.1. The third kappa shape index (κ3) is 2.54. The Morgan fingerprint density at radius 2 is 2.06 bits per heavy atom. The number of carbonyl (C=O) groups excluding carboxylic acids is 1. The zero-order valence-corrected chi connectivity index (χ0v) is 11.9. The van der Waals surface area contributed by atoms with Crippen LogP contribution in [-0.2, 0) is 0 Å². The van der Waals surface area contributed by atoms with Crippen molar-refractivity contribution in [3.05, 3.63) is 38.9 Å². The second kappa shape index (κ2) is 5.08. The molecular formula is C13H12ClNO2S. The summed E-state index contributed by atoms with van der Waals surface area (Å²) in [5.74, 6) is 0.746. The lowest BCUT2D eigenvalue weighted by Crippen LogP contribution is -1.91. The quantitative estimate of drug-likeness (QED) is 0.786. The average molecular weight is 282 g/mol. The number of aldehydes is 1. The number of carbonyl (C=O) groups is 1. The Kier molecular flexibility index (Phi) is 3.68. The number of benzene rings is 1. The van der Waals surface area contributed by atoms with Crippen molar-refractivity contribution in [3.63, 3.8) is 0 Å². The Morgan fingerprint density at radius 1 is 1.33 bits per heavy atom. The largest absolute Gasteiger partial charge is 0.431 e. The number of rotatable bonds is 3. The van der Waals surface area contributed by atoms with Gasteiger partial charge in [-0.1, -0.05) is 29.0 Å². The monoisotopic (exact) mass is 281 g/mol. The molecule has 0 N–H and O–H groups in total. The Morgan fingerprint density at radius 3 is 2.67 bits per heavy atom. The van der Waals surface area contributed by atoms with Gasteiger partial charge in [0.1, 0.15) is 10.6 Å². The maximum absolute atomic E-state index is 10.7. The molecule has 0 saturated heterocycles. The van der Waals surface area contributed by atoms with E-state index in [4.69, 9.17) is 16.3 Å². The van der Waals surface area contributed by atoms with Crippen LogP contribution in [0.4, 0.5) is 0 Å². The highest BCUT2D eigenvalue weighted by molar-refractivity contribution is 7.15. The summed E-state index contributed by atoms with van der Waals surface area (Å²) in [6.45, 7) is 6.02. The molecular weight excluding hydrogens is 270 g/mol. The number of halogens is 1. The lowest BCUT2D eigenvalue weighted by atomic mass is 10.1. The fourth-order valence-electron chi connectivity index (χ4n) is 1.61. The van der Waals surface area contributed by atoms with Crippen LogP contribution in [-0.4, -0.2) is 11.3 Å². The fraction of sp³-hybridized carbons (Fsp3) is 0.231. The molecule has 0 bridgehead atoms. The highest BCUT2D eigenvalue weighted by Crippen LogP contribution is 2.33. The van der Waals surface area contributed by atoms with Crippen LogP contribution in [0, 0.1) is 20.8 Å². The molecule has 0 aliphatic carbocycles. The van der Waals surface area contributed by atoms with Gasteiger partial charge in [-0.2, -0.15) is 4.98 Å². The molecule has 5 heteroatoms. The summed E-state index contributed by atoms with van der Waals surface area (Å²) in [5.41, 5.74) is 3.33. The molecule has 0 fully saturated rings. The lowest BCUT2D eigenvalue weighted by molar-refractivity contribution is 0.112. The van der Waals surface area contributed by atoms with Gasteiger partial charge >= 0.3 is 0 Å². The van der Waals surface area contributed by atoms with Gasteiger partial charge in [0, 0.05) is 0 Å². The van der Waals surface area contributed by atoms with Gasteiger partial charge in [0.2, 0.25) is 0 Å². The molecule has 0 atom stereocenters. The first-order valence-corrected chi connectivity index (χ1v) is 6.58. The van der Waals surface area contributed by atoms with E-state index in [2.05, 4.69) is 11.1 Å². The van der Waals surface area contributed by atoms with Gasteiger partial charge in [0.25, 0.3) is 5.19 Å². The summed E-state index contributed by atoms with van der Waals surface area (Å²) in [5, 5.41) is 0.572. The predicted molar refractivity (Wildman–Crippen MR) is 73.2 cm³/mol. The van der Waals surface area contributed by atoms with Crippen LogP contribution in [0.1, 0.15) is 26.4 Å². The lowest BCUT2D eigenvalue weighted by Gasteiger charge is -2.09. The van der Waals surface area contributed by atoms with Gasteiger partial charge in [-0.25, -0.2) is 0 Å². The molecule has 1 heterocycles. The molecule has 2 aromatic rings. The van der Waals surface area contributed by atoms with Crippen molar-refractivity contribution < 1.29 is 9.53 Å². The molecule has 0 unspecified atom stereocenters. The van der Waals surface area contributed by atoms with E-state index in [-0.39, 0.29) is 5.15 Å². The first-order valence-electron chi connectivity index (χ1n) is 5.38. The number of aryl methyl sites for hydroxylation is 2. The SMILES string of the molecule is Cc1cc(C)c(C)c(Oc2nc(Cl)c(C=O)s2)c1. The Hall–Kier alpha value is -1.39. The van der Waals surface area contributed by atoms with E-state index in [1.54, 1.807) is 0 Å². The minimum Gasteiger partial charge on any atom is -0.431 e. The highest BCUT2D eigenvalue weighted by Gasteiger charge is 2.12. The van der Waals surface area contributed by atoms with Gasteiger partial charge < -0.3 is 4.74 Å². The van der Waals surface area contributed by atoms with Gasteiger partial charge in [-0.3, -0.25) is 4.79 Å². The van der Waals surface area contributed by atoms with E-state index in [9.17, 15) is 4.79 Å². The zero-order valence-electron chi connectivity index (χ0n) is 10.3. The van der Waals surface area contributed by atoms with Crippen molar-refractivity contribution in [1.82, 2.24) is 4.98 Å². The van der Waals surface area contributed by atoms with Crippen molar-refractivity contribution in [2.24, 2.45) is 0 Å².